The van der Waals surface area contributed by atoms with Gasteiger partial charge in [-0.1, -0.05) is 68.2 Å². The molecule has 1 heterocycles. The molecule has 0 amide bonds. The van der Waals surface area contributed by atoms with Crippen molar-refractivity contribution in [1.82, 2.24) is 5.32 Å². The lowest BCUT2D eigenvalue weighted by Crippen LogP contribution is -2.34. The molecule has 1 aromatic rings. The number of ether oxygens (including phenoxy) is 1. The molecule has 0 aromatic heterocycles. The quantitative estimate of drug-likeness (QED) is 0.179. The van der Waals surface area contributed by atoms with E-state index in [2.05, 4.69) is 81.2 Å². The van der Waals surface area contributed by atoms with Crippen LogP contribution in [0.2, 0.25) is 0 Å². The summed E-state index contributed by atoms with van der Waals surface area (Å²) in [7, 11) is 0. The Morgan fingerprint density at radius 1 is 1.23 bits per heavy atom. The number of aryl methyl sites for hydroxylation is 1. The number of rotatable bonds is 13. The van der Waals surface area contributed by atoms with Crippen LogP contribution >= 0.6 is 0 Å². The molecule has 3 heteroatoms. The zero-order valence-corrected chi connectivity index (χ0v) is 22.6. The van der Waals surface area contributed by atoms with Crippen molar-refractivity contribution in [2.45, 2.75) is 78.9 Å². The van der Waals surface area contributed by atoms with Gasteiger partial charge in [-0.05, 0) is 106 Å². The van der Waals surface area contributed by atoms with E-state index in [9.17, 15) is 0 Å². The first-order valence-corrected chi connectivity index (χ1v) is 13.3. The maximum Gasteiger partial charge on any atom is 0.0603 e. The van der Waals surface area contributed by atoms with E-state index < -0.39 is 0 Å². The maximum atomic E-state index is 6.35. The highest BCUT2D eigenvalue weighted by Crippen LogP contribution is 2.27. The first kappa shape index (κ1) is 28.7. The minimum absolute atomic E-state index is 0.347. The van der Waals surface area contributed by atoms with Crippen molar-refractivity contribution in [3.63, 3.8) is 0 Å². The Morgan fingerprint density at radius 2 is 2.00 bits per heavy atom. The van der Waals surface area contributed by atoms with E-state index in [-0.39, 0.29) is 0 Å². The summed E-state index contributed by atoms with van der Waals surface area (Å²) in [5.74, 6) is 0. The van der Waals surface area contributed by atoms with Crippen LogP contribution in [0.5, 0.6) is 0 Å². The van der Waals surface area contributed by atoms with Gasteiger partial charge < -0.3 is 10.1 Å². The minimum atomic E-state index is 0.347. The Hall–Kier alpha value is -2.49. The van der Waals surface area contributed by atoms with Gasteiger partial charge in [0.1, 0.15) is 0 Å². The second-order valence-corrected chi connectivity index (χ2v) is 9.27. The van der Waals surface area contributed by atoms with Crippen LogP contribution in [-0.4, -0.2) is 38.1 Å². The van der Waals surface area contributed by atoms with Crippen LogP contribution in [0.15, 0.2) is 71.8 Å². The summed E-state index contributed by atoms with van der Waals surface area (Å²) in [5, 5.41) is 3.41. The van der Waals surface area contributed by atoms with E-state index in [1.807, 2.05) is 26.1 Å². The molecule has 1 aliphatic rings. The topological polar surface area (TPSA) is 33.6 Å². The summed E-state index contributed by atoms with van der Waals surface area (Å²) in [6.07, 6.45) is 20.7. The highest BCUT2D eigenvalue weighted by Gasteiger charge is 2.17. The summed E-state index contributed by atoms with van der Waals surface area (Å²) in [4.78, 5) is 4.78. The molecule has 0 saturated carbocycles. The van der Waals surface area contributed by atoms with E-state index in [0.29, 0.717) is 12.2 Å². The van der Waals surface area contributed by atoms with Crippen LogP contribution in [0.4, 0.5) is 0 Å². The SMILES string of the molecule is C=C/C(=C(C)\C=C/C)c1ccc(/C(C=NCCCC(CC)OC2CCNCC2)=C/C=C/C)cc1C. The molecule has 1 N–H and O–H groups in total. The first-order valence-electron chi connectivity index (χ1n) is 13.3. The molecule has 3 nitrogen and oxygen atoms in total. The highest BCUT2D eigenvalue weighted by molar-refractivity contribution is 6.10. The van der Waals surface area contributed by atoms with Gasteiger partial charge in [-0.25, -0.2) is 0 Å². The number of allylic oxidation sites excluding steroid dienone is 9. The number of hydrogen-bond acceptors (Lipinski definition) is 3. The Bertz CT molecular complexity index is 942. The monoisotopic (exact) mass is 474 g/mol. The largest absolute Gasteiger partial charge is 0.375 e. The molecule has 1 atom stereocenters. The molecular weight excluding hydrogens is 428 g/mol. The molecule has 1 aromatic carbocycles. The van der Waals surface area contributed by atoms with Gasteiger partial charge in [0.25, 0.3) is 0 Å². The van der Waals surface area contributed by atoms with Gasteiger partial charge in [-0.15, -0.1) is 0 Å². The minimum Gasteiger partial charge on any atom is -0.375 e. The van der Waals surface area contributed by atoms with Crippen LogP contribution < -0.4 is 5.32 Å². The van der Waals surface area contributed by atoms with Gasteiger partial charge >= 0.3 is 0 Å². The number of nitrogens with zero attached hydrogens (tertiary/aromatic N) is 1. The fourth-order valence-electron chi connectivity index (χ4n) is 4.53. The van der Waals surface area contributed by atoms with Crippen LogP contribution in [0, 0.1) is 6.92 Å². The number of benzene rings is 1. The van der Waals surface area contributed by atoms with Crippen molar-refractivity contribution in [2.75, 3.05) is 19.6 Å². The third-order valence-electron chi connectivity index (χ3n) is 6.53. The van der Waals surface area contributed by atoms with Crippen molar-refractivity contribution in [3.8, 4) is 0 Å². The summed E-state index contributed by atoms with van der Waals surface area (Å²) in [6, 6.07) is 6.65. The van der Waals surface area contributed by atoms with E-state index in [0.717, 1.165) is 57.3 Å². The lowest BCUT2D eigenvalue weighted by molar-refractivity contribution is -0.0319. The van der Waals surface area contributed by atoms with E-state index in [4.69, 9.17) is 9.73 Å². The molecule has 0 aliphatic carbocycles. The lowest BCUT2D eigenvalue weighted by Gasteiger charge is -2.27. The molecule has 0 radical (unpaired) electrons. The zero-order valence-electron chi connectivity index (χ0n) is 22.6. The molecule has 190 valence electrons. The lowest BCUT2D eigenvalue weighted by atomic mass is 9.93. The van der Waals surface area contributed by atoms with Gasteiger partial charge in [0.2, 0.25) is 0 Å². The standard InChI is InChI=1S/C32H46N2O/c1-7-11-14-28(24-34-20-12-15-29(9-3)35-30-18-21-33-22-19-30)27-16-17-32(26(6)23-27)31(10-4)25(5)13-8-2/h7-8,10-11,13-14,16-17,23-24,29-30,33H,4,9,12,15,18-22H2,1-3,5-6H3/b11-7+,13-8-,28-14+,31-25+,34-24?. The van der Waals surface area contributed by atoms with Gasteiger partial charge in [0.05, 0.1) is 12.2 Å². The van der Waals surface area contributed by atoms with Crippen LogP contribution in [0.3, 0.4) is 0 Å². The molecule has 2 rings (SSSR count). The number of nitrogens with one attached hydrogen (secondary N) is 1. The second kappa shape index (κ2) is 16.2. The molecule has 1 saturated heterocycles. The number of aliphatic imine (C=N–C) groups is 1. The molecule has 35 heavy (non-hydrogen) atoms. The summed E-state index contributed by atoms with van der Waals surface area (Å²) in [6.45, 7) is 17.6. The average Bonchev–Trinajstić information content (AvgIpc) is 2.87. The summed E-state index contributed by atoms with van der Waals surface area (Å²) >= 11 is 0. The van der Waals surface area contributed by atoms with Crippen molar-refractivity contribution in [1.29, 1.82) is 0 Å². The Kier molecular flexibility index (Phi) is 13.3. The van der Waals surface area contributed by atoms with Crippen molar-refractivity contribution >= 4 is 17.4 Å². The van der Waals surface area contributed by atoms with E-state index in [1.54, 1.807) is 0 Å². The predicted octanol–water partition coefficient (Wildman–Crippen LogP) is 7.89. The Labute approximate surface area is 214 Å². The van der Waals surface area contributed by atoms with Crippen molar-refractivity contribution < 1.29 is 4.74 Å². The number of piperidine rings is 1. The van der Waals surface area contributed by atoms with Crippen LogP contribution in [0.1, 0.15) is 76.5 Å². The van der Waals surface area contributed by atoms with E-state index >= 15 is 0 Å². The fraction of sp³-hybridized carbons (Fsp3) is 0.469. The van der Waals surface area contributed by atoms with Crippen LogP contribution in [0.25, 0.3) is 11.1 Å². The normalized spacial score (nSPS) is 17.5. The molecule has 1 unspecified atom stereocenters. The van der Waals surface area contributed by atoms with Gasteiger partial charge in [-0.2, -0.15) is 0 Å². The van der Waals surface area contributed by atoms with Crippen molar-refractivity contribution in [2.24, 2.45) is 4.99 Å². The first-order chi connectivity index (χ1) is 17.0. The third kappa shape index (κ3) is 9.58. The fourth-order valence-corrected chi connectivity index (χ4v) is 4.53. The maximum absolute atomic E-state index is 6.35. The van der Waals surface area contributed by atoms with Gasteiger partial charge in [0.15, 0.2) is 0 Å². The molecule has 1 fully saturated rings. The average molecular weight is 475 g/mol. The molecular formula is C32H46N2O. The number of hydrogen-bond donors (Lipinski definition) is 1. The van der Waals surface area contributed by atoms with Crippen molar-refractivity contribution in [3.05, 3.63) is 83.5 Å². The predicted molar refractivity (Wildman–Crippen MR) is 155 cm³/mol. The van der Waals surface area contributed by atoms with Gasteiger partial charge in [0, 0.05) is 12.8 Å². The van der Waals surface area contributed by atoms with Gasteiger partial charge in [-0.3, -0.25) is 4.99 Å². The molecule has 0 spiro atoms. The van der Waals surface area contributed by atoms with Crippen LogP contribution in [-0.2, 0) is 4.74 Å². The summed E-state index contributed by atoms with van der Waals surface area (Å²) < 4.78 is 6.35. The molecule has 0 bridgehead atoms. The molecule has 1 aliphatic heterocycles. The summed E-state index contributed by atoms with van der Waals surface area (Å²) in [5.41, 5.74) is 7.17. The Balaban J connectivity index is 2.05. The third-order valence-corrected chi connectivity index (χ3v) is 6.53. The smallest absolute Gasteiger partial charge is 0.0603 e. The highest BCUT2D eigenvalue weighted by atomic mass is 16.5. The Morgan fingerprint density at radius 3 is 2.63 bits per heavy atom. The zero-order chi connectivity index (χ0) is 25.5. The van der Waals surface area contributed by atoms with E-state index in [1.165, 1.54) is 27.8 Å². The second-order valence-electron chi connectivity index (χ2n) is 9.27.